The van der Waals surface area contributed by atoms with Crippen LogP contribution in [-0.4, -0.2) is 61.0 Å². The molecule has 0 bridgehead atoms. The van der Waals surface area contributed by atoms with Crippen LogP contribution in [0.2, 0.25) is 0 Å². The molecule has 0 spiro atoms. The van der Waals surface area contributed by atoms with Gasteiger partial charge in [0.1, 0.15) is 28.7 Å². The molecule has 8 heteroatoms. The maximum atomic E-state index is 5.56. The fourth-order valence-corrected chi connectivity index (χ4v) is 13.7. The molecule has 150 heavy (non-hydrogen) atoms. The summed E-state index contributed by atoms with van der Waals surface area (Å²) in [5.41, 5.74) is 30.8. The van der Waals surface area contributed by atoms with Crippen LogP contribution in [0, 0.1) is 104 Å². The van der Waals surface area contributed by atoms with E-state index >= 15 is 0 Å². The van der Waals surface area contributed by atoms with Crippen molar-refractivity contribution in [3.8, 4) is 28.7 Å². The van der Waals surface area contributed by atoms with Crippen LogP contribution in [-0.2, 0) is 65.9 Å². The third-order valence-corrected chi connectivity index (χ3v) is 23.6. The van der Waals surface area contributed by atoms with E-state index in [1.54, 1.807) is 21.3 Å². The van der Waals surface area contributed by atoms with Gasteiger partial charge < -0.3 is 37.9 Å². The third kappa shape index (κ3) is 77.3. The van der Waals surface area contributed by atoms with E-state index in [1.807, 2.05) is 98.8 Å². The Morgan fingerprint density at radius 1 is 0.153 bits per heavy atom. The van der Waals surface area contributed by atoms with Crippen LogP contribution >= 0.6 is 0 Å². The number of aryl methyl sites for hydroxylation is 20. The predicted octanol–water partition coefficient (Wildman–Crippen LogP) is 39.8. The maximum Gasteiger partial charge on any atom is 0.119 e. The van der Waals surface area contributed by atoms with Gasteiger partial charge in [-0.25, -0.2) is 0 Å². The van der Waals surface area contributed by atoms with Gasteiger partial charge in [-0.3, -0.25) is 0 Å². The smallest absolute Gasteiger partial charge is 0.119 e. The minimum Gasteiger partial charge on any atom is -0.497 e. The average Bonchev–Trinajstić information content (AvgIpc) is 0.935. The zero-order valence-corrected chi connectivity index (χ0v) is 98.8. The summed E-state index contributed by atoms with van der Waals surface area (Å²) in [6, 6.07) is 118. The molecule has 8 nitrogen and oxygen atoms in total. The van der Waals surface area contributed by atoms with Gasteiger partial charge in [-0.15, -0.1) is 0 Å². The van der Waals surface area contributed by atoms with E-state index < -0.39 is 0 Å². The van der Waals surface area contributed by atoms with E-state index in [4.69, 9.17) is 37.9 Å². The minimum atomic E-state index is 0.709. The quantitative estimate of drug-likeness (QED) is 0.0355. The van der Waals surface area contributed by atoms with Gasteiger partial charge in [-0.2, -0.15) is 0 Å². The van der Waals surface area contributed by atoms with Crippen molar-refractivity contribution >= 4 is 0 Å². The number of rotatable bonds is 38. The van der Waals surface area contributed by atoms with Gasteiger partial charge in [0.25, 0.3) is 0 Å². The van der Waals surface area contributed by atoms with Crippen LogP contribution in [0.15, 0.2) is 340 Å². The van der Waals surface area contributed by atoms with E-state index in [-0.39, 0.29) is 0 Å². The molecule has 0 fully saturated rings. The van der Waals surface area contributed by atoms with Crippen molar-refractivity contribution in [2.24, 2.45) is 0 Å². The molecule has 0 aromatic heterocycles. The monoisotopic (exact) mass is 2030 g/mol. The second-order valence-electron chi connectivity index (χ2n) is 38.6. The molecule has 14 rings (SSSR count). The molecule has 0 aliphatic carbocycles. The Bertz CT molecular complexity index is 4860. The van der Waals surface area contributed by atoms with Gasteiger partial charge in [0.2, 0.25) is 0 Å². The first-order valence-corrected chi connectivity index (χ1v) is 56.0. The minimum absolute atomic E-state index is 0.709. The van der Waals surface area contributed by atoms with Crippen molar-refractivity contribution in [2.45, 2.75) is 328 Å². The predicted molar refractivity (Wildman–Crippen MR) is 655 cm³/mol. The molecule has 0 aliphatic heterocycles. The maximum absolute atomic E-state index is 5.56. The number of methoxy groups -OCH3 is 3. The number of benzene rings is 14. The van der Waals surface area contributed by atoms with Gasteiger partial charge >= 0.3 is 0 Å². The molecule has 0 N–H and O–H groups in total. The number of unbranched alkanes of at least 4 members (excludes halogenated alkanes) is 9. The SMILES string of the molecule is CCCCCCc1ccc(C)cc1.CCCCCOc1ccc(C)cc1.CCCCCc1ccc(C)cc1.CCCCOc1ccc(C)cc1.CCCCc1ccc(C)cc1.CCCOc1ccc(C)cc1.CCCc1ccc(C)cc1.CCOCc1ccc(C)cc1.CCOc1ccc(C)cc1.CCc1ccc(C)cc1.COCCc1ccc(C)cc1.COCc1ccc(C)cc1.COc1ccc(C)cc1.Cc1ccc(C)cc1. The molecule has 0 saturated carbocycles. The van der Waals surface area contributed by atoms with Gasteiger partial charge in [-0.1, -0.05) is 482 Å². The Morgan fingerprint density at radius 2 is 0.387 bits per heavy atom. The topological polar surface area (TPSA) is 73.8 Å². The number of ether oxygens (including phenoxy) is 8. The molecule has 0 radical (unpaired) electrons. The summed E-state index contributed by atoms with van der Waals surface area (Å²) < 4.78 is 41.9. The Labute approximate surface area is 916 Å². The number of hydrogen-bond donors (Lipinski definition) is 0. The Balaban J connectivity index is 0.000000809. The molecule has 0 heterocycles. The lowest BCUT2D eigenvalue weighted by Crippen LogP contribution is -1.96. The third-order valence-electron chi connectivity index (χ3n) is 23.6. The van der Waals surface area contributed by atoms with Crippen molar-refractivity contribution in [1.29, 1.82) is 0 Å². The Hall–Kier alpha value is -12.0. The molecular weight excluding hydrogens is 1830 g/mol. The van der Waals surface area contributed by atoms with Crippen molar-refractivity contribution in [3.05, 3.63) is 468 Å². The van der Waals surface area contributed by atoms with E-state index in [1.165, 1.54) is 237 Å². The molecule has 0 saturated heterocycles. The highest BCUT2D eigenvalue weighted by Crippen LogP contribution is 2.20. The first-order chi connectivity index (χ1) is 72.5. The molecular formula is C142H200O8. The van der Waals surface area contributed by atoms with Gasteiger partial charge in [0, 0.05) is 20.8 Å². The van der Waals surface area contributed by atoms with E-state index in [0.29, 0.717) is 6.61 Å². The van der Waals surface area contributed by atoms with Crippen molar-refractivity contribution in [3.63, 3.8) is 0 Å². The second-order valence-corrected chi connectivity index (χ2v) is 38.6. The molecule has 0 atom stereocenters. The second kappa shape index (κ2) is 91.9. The highest BCUT2D eigenvalue weighted by atomic mass is 16.5. The van der Waals surface area contributed by atoms with E-state index in [9.17, 15) is 0 Å². The van der Waals surface area contributed by atoms with E-state index in [2.05, 4.69) is 414 Å². The average molecular weight is 2040 g/mol. The summed E-state index contributed by atoms with van der Waals surface area (Å²) >= 11 is 0. The summed E-state index contributed by atoms with van der Waals surface area (Å²) in [5.74, 6) is 4.81. The largest absolute Gasteiger partial charge is 0.497 e. The van der Waals surface area contributed by atoms with Crippen LogP contribution in [0.1, 0.15) is 300 Å². The normalized spacial score (nSPS) is 9.81. The molecule has 0 aliphatic rings. The highest BCUT2D eigenvalue weighted by molar-refractivity contribution is 5.33. The Morgan fingerprint density at radius 3 is 0.660 bits per heavy atom. The van der Waals surface area contributed by atoms with Gasteiger partial charge in [0.05, 0.1) is 53.4 Å². The van der Waals surface area contributed by atoms with Crippen molar-refractivity contribution < 1.29 is 37.9 Å². The molecule has 0 amide bonds. The lowest BCUT2D eigenvalue weighted by atomic mass is 10.1. The fourth-order valence-electron chi connectivity index (χ4n) is 13.7. The van der Waals surface area contributed by atoms with Gasteiger partial charge in [-0.05, 0) is 300 Å². The molecule has 14 aromatic carbocycles. The van der Waals surface area contributed by atoms with Crippen LogP contribution in [0.5, 0.6) is 28.7 Å². The first kappa shape index (κ1) is 136. The summed E-state index contributed by atoms with van der Waals surface area (Å²) in [6.45, 7) is 59.3. The lowest BCUT2D eigenvalue weighted by molar-refractivity contribution is 0.134. The summed E-state index contributed by atoms with van der Waals surface area (Å²) in [7, 11) is 5.11. The molecule has 14 aromatic rings. The lowest BCUT2D eigenvalue weighted by Gasteiger charge is -2.05. The van der Waals surface area contributed by atoms with Crippen LogP contribution in [0.4, 0.5) is 0 Å². The fraction of sp³-hybridized carbons (Fsp3) is 0.408. The van der Waals surface area contributed by atoms with Gasteiger partial charge in [0.15, 0.2) is 0 Å². The zero-order chi connectivity index (χ0) is 111. The molecule has 0 unspecified atom stereocenters. The Kier molecular flexibility index (Phi) is 83.3. The molecule has 816 valence electrons. The van der Waals surface area contributed by atoms with Crippen LogP contribution in [0.25, 0.3) is 0 Å². The summed E-state index contributed by atoms with van der Waals surface area (Å²) in [5, 5.41) is 0. The first-order valence-electron chi connectivity index (χ1n) is 56.0. The zero-order valence-electron chi connectivity index (χ0n) is 98.8. The number of hydrogen-bond acceptors (Lipinski definition) is 8. The van der Waals surface area contributed by atoms with Crippen molar-refractivity contribution in [1.82, 2.24) is 0 Å². The van der Waals surface area contributed by atoms with E-state index in [0.717, 1.165) is 107 Å². The summed E-state index contributed by atoms with van der Waals surface area (Å²) in [6.07, 6.45) is 27.4. The summed E-state index contributed by atoms with van der Waals surface area (Å²) in [4.78, 5) is 0. The van der Waals surface area contributed by atoms with Crippen molar-refractivity contribution in [2.75, 3.05) is 61.0 Å². The van der Waals surface area contributed by atoms with Crippen LogP contribution < -0.4 is 23.7 Å². The highest BCUT2D eigenvalue weighted by Gasteiger charge is 2.02. The van der Waals surface area contributed by atoms with Crippen LogP contribution in [0.3, 0.4) is 0 Å². The standard InChI is InChI=1S/C13H20.C12H18O.C12H18.C11H16O.C11H16.3C10H14O.C10H14.2C9H12O.C9H12.C8H10O.C8H10/c1-3-4-5-6-7-13-10-8-12(2)9-11-13;1-3-4-5-10-13-12-8-6-11(2)7-9-12;1-3-4-5-6-12-9-7-11(2)8-10-12;1-3-4-9-12-11-7-5-10(2)6-8-11;1-3-4-5-11-8-6-10(2)7-9-11;1-9-3-5-10(6-4-9)7-8-11-2;1-3-11-8-10-6-4-9(2)5-7-10;1-3-8-11-10-6-4-9(2)5-7-10;1-3-4-10-7-5-9(2)6-8-10;1-8-3-5-9(6-4-8)7-10-2;1-3-10-9-6-4-8(2)5-7-9;1-3-9-6-4-8(2)5-7-9;1-7-3-5-8(9-2)6-4-7;1-7-3-5-8(2)6-4-7/h8-11H,3-7H2,1-2H3;6-9H,3-5,10H2,1-2H3;7-10H,3-6H2,1-2H3;5-8H,3-4,9H2,1-2H3;6-9H,3-5H2,1-2H3;3-6H,7-8H2,1-2H3;2*4-7H,3,8H2,1-2H3;5-8H,3-4H2,1-2H3;3-6H,7H2,1-2H3;4-7H,3H2,1-2H3;4-7H,3H2,1-2H3;3-6H,1-2H3;3-6H,1-2H3.